The number of rotatable bonds is 3. The summed E-state index contributed by atoms with van der Waals surface area (Å²) in [6.07, 6.45) is -2.58. The number of hydrogen-bond donors (Lipinski definition) is 3. The number of carbonyl (C=O) groups excluding carboxylic acids is 1. The zero-order valence-corrected chi connectivity index (χ0v) is 15.9. The van der Waals surface area contributed by atoms with Gasteiger partial charge in [0, 0.05) is 12.1 Å². The Morgan fingerprint density at radius 2 is 1.90 bits per heavy atom. The number of hydrogen-bond acceptors (Lipinski definition) is 4. The van der Waals surface area contributed by atoms with Crippen LogP contribution in [-0.2, 0) is 11.0 Å². The molecular formula is C21H20F4N2O3. The molecule has 2 aromatic rings. The van der Waals surface area contributed by atoms with E-state index in [1.807, 2.05) is 0 Å². The number of phenolic OH excluding ortho intramolecular Hbond substituents is 1. The Balaban J connectivity index is 1.58. The minimum atomic E-state index is -4.71. The molecule has 9 heteroatoms. The highest BCUT2D eigenvalue weighted by Crippen LogP contribution is 2.44. The average Bonchev–Trinajstić information content (AvgIpc) is 3.21. The maximum absolute atomic E-state index is 13.7. The monoisotopic (exact) mass is 424 g/mol. The van der Waals surface area contributed by atoms with Crippen molar-refractivity contribution in [2.45, 2.75) is 43.9 Å². The lowest BCUT2D eigenvalue weighted by atomic mass is 9.94. The van der Waals surface area contributed by atoms with Gasteiger partial charge in [0.1, 0.15) is 17.3 Å². The number of carbonyl (C=O) groups is 1. The second-order valence-electron chi connectivity index (χ2n) is 7.55. The van der Waals surface area contributed by atoms with Gasteiger partial charge in [0.25, 0.3) is 5.91 Å². The number of phenols is 1. The summed E-state index contributed by atoms with van der Waals surface area (Å²) >= 11 is 0. The van der Waals surface area contributed by atoms with Gasteiger partial charge in [-0.15, -0.1) is 0 Å². The average molecular weight is 424 g/mol. The Bertz CT molecular complexity index is 971. The van der Waals surface area contributed by atoms with Crippen molar-refractivity contribution in [3.63, 3.8) is 0 Å². The lowest BCUT2D eigenvalue weighted by Gasteiger charge is -2.27. The summed E-state index contributed by atoms with van der Waals surface area (Å²) in [6.45, 7) is -0.0459. The molecule has 0 saturated heterocycles. The van der Waals surface area contributed by atoms with Crippen LogP contribution in [0.25, 0.3) is 0 Å². The van der Waals surface area contributed by atoms with Crippen molar-refractivity contribution in [2.75, 3.05) is 17.2 Å². The summed E-state index contributed by atoms with van der Waals surface area (Å²) in [5.41, 5.74) is -0.931. The molecule has 2 aromatic carbocycles. The van der Waals surface area contributed by atoms with E-state index >= 15 is 0 Å². The van der Waals surface area contributed by atoms with Crippen molar-refractivity contribution in [3.05, 3.63) is 47.3 Å². The Morgan fingerprint density at radius 1 is 1.17 bits per heavy atom. The standard InChI is InChI=1S/C21H20F4N2O3/c22-12-5-6-18-16(7-12)26-10-19(30-18)20(29)27-15-9-17(28)13(11-3-1-2-4-11)8-14(15)21(23,24)25/h5-9,11,19,26,28H,1-4,10H2,(H,27,29)/t19-/m1/s1. The van der Waals surface area contributed by atoms with Crippen molar-refractivity contribution < 1.29 is 32.2 Å². The van der Waals surface area contributed by atoms with E-state index < -0.39 is 35.3 Å². The predicted octanol–water partition coefficient (Wildman–Crippen LogP) is 5.02. The summed E-state index contributed by atoms with van der Waals surface area (Å²) < 4.78 is 59.8. The van der Waals surface area contributed by atoms with Gasteiger partial charge in [-0.2, -0.15) is 13.2 Å². The van der Waals surface area contributed by atoms with Crippen LogP contribution in [0.4, 0.5) is 28.9 Å². The molecule has 0 aromatic heterocycles. The molecule has 3 N–H and O–H groups in total. The van der Waals surface area contributed by atoms with E-state index in [0.717, 1.165) is 43.9 Å². The van der Waals surface area contributed by atoms with E-state index in [1.54, 1.807) is 0 Å². The largest absolute Gasteiger partial charge is 0.508 e. The van der Waals surface area contributed by atoms with Gasteiger partial charge in [0.15, 0.2) is 6.10 Å². The SMILES string of the molecule is O=C(Nc1cc(O)c(C2CCCC2)cc1C(F)(F)F)[C@H]1CNc2cc(F)ccc2O1. The molecular weight excluding hydrogens is 404 g/mol. The molecule has 5 nitrogen and oxygen atoms in total. The molecule has 2 aliphatic rings. The lowest BCUT2D eigenvalue weighted by molar-refractivity contribution is -0.137. The first-order chi connectivity index (χ1) is 14.2. The highest BCUT2D eigenvalue weighted by Gasteiger charge is 2.37. The number of alkyl halides is 3. The summed E-state index contributed by atoms with van der Waals surface area (Å²) in [5.74, 6) is -1.47. The number of amides is 1. The van der Waals surface area contributed by atoms with Crippen molar-refractivity contribution in [1.82, 2.24) is 0 Å². The van der Waals surface area contributed by atoms with E-state index in [2.05, 4.69) is 10.6 Å². The molecule has 1 aliphatic heterocycles. The molecule has 1 fully saturated rings. The van der Waals surface area contributed by atoms with Gasteiger partial charge in [-0.25, -0.2) is 4.39 Å². The van der Waals surface area contributed by atoms with Crippen molar-refractivity contribution >= 4 is 17.3 Å². The van der Waals surface area contributed by atoms with E-state index in [4.69, 9.17) is 4.74 Å². The third kappa shape index (κ3) is 4.01. The third-order valence-corrected chi connectivity index (χ3v) is 5.51. The minimum absolute atomic E-state index is 0.0459. The topological polar surface area (TPSA) is 70.6 Å². The molecule has 160 valence electrons. The first kappa shape index (κ1) is 20.3. The smallest absolute Gasteiger partial charge is 0.418 e. The molecule has 30 heavy (non-hydrogen) atoms. The molecule has 4 rings (SSSR count). The Kier molecular flexibility index (Phi) is 5.21. The summed E-state index contributed by atoms with van der Waals surface area (Å²) in [6, 6.07) is 5.57. The number of ether oxygens (including phenoxy) is 1. The quantitative estimate of drug-likeness (QED) is 0.606. The highest BCUT2D eigenvalue weighted by atomic mass is 19.4. The van der Waals surface area contributed by atoms with Crippen LogP contribution in [0.5, 0.6) is 11.5 Å². The molecule has 1 amide bonds. The summed E-state index contributed by atoms with van der Waals surface area (Å²) in [7, 11) is 0. The van der Waals surface area contributed by atoms with Crippen LogP contribution in [0.3, 0.4) is 0 Å². The maximum Gasteiger partial charge on any atom is 0.418 e. The van der Waals surface area contributed by atoms with Crippen LogP contribution in [0, 0.1) is 5.82 Å². The van der Waals surface area contributed by atoms with Crippen LogP contribution in [0.1, 0.15) is 42.7 Å². The van der Waals surface area contributed by atoms with Crippen LogP contribution < -0.4 is 15.4 Å². The number of anilines is 2. The highest BCUT2D eigenvalue weighted by molar-refractivity contribution is 5.96. The molecule has 0 unspecified atom stereocenters. The Labute approximate surface area is 170 Å². The number of aromatic hydroxyl groups is 1. The first-order valence-electron chi connectivity index (χ1n) is 9.67. The lowest BCUT2D eigenvalue weighted by Crippen LogP contribution is -2.41. The van der Waals surface area contributed by atoms with Crippen LogP contribution in [0.15, 0.2) is 30.3 Å². The number of fused-ring (bicyclic) bond motifs is 1. The first-order valence-corrected chi connectivity index (χ1v) is 9.67. The number of benzene rings is 2. The molecule has 1 heterocycles. The Hall–Kier alpha value is -2.97. The van der Waals surface area contributed by atoms with Gasteiger partial charge in [-0.3, -0.25) is 4.79 Å². The van der Waals surface area contributed by atoms with Gasteiger partial charge in [-0.05, 0) is 42.5 Å². The second kappa shape index (κ2) is 7.70. The van der Waals surface area contributed by atoms with Gasteiger partial charge in [0.2, 0.25) is 0 Å². The predicted molar refractivity (Wildman–Crippen MR) is 102 cm³/mol. The number of nitrogens with one attached hydrogen (secondary N) is 2. The molecule has 1 atom stereocenters. The molecule has 1 saturated carbocycles. The van der Waals surface area contributed by atoms with Crippen molar-refractivity contribution in [2.24, 2.45) is 0 Å². The van der Waals surface area contributed by atoms with Gasteiger partial charge >= 0.3 is 6.18 Å². The Morgan fingerprint density at radius 3 is 2.60 bits per heavy atom. The van der Waals surface area contributed by atoms with Gasteiger partial charge in [0.05, 0.1) is 23.5 Å². The fourth-order valence-electron chi connectivity index (χ4n) is 4.01. The zero-order chi connectivity index (χ0) is 21.5. The van der Waals surface area contributed by atoms with E-state index in [-0.39, 0.29) is 29.5 Å². The zero-order valence-electron chi connectivity index (χ0n) is 15.9. The third-order valence-electron chi connectivity index (χ3n) is 5.51. The fraction of sp³-hybridized carbons (Fsp3) is 0.381. The van der Waals surface area contributed by atoms with E-state index in [0.29, 0.717) is 5.69 Å². The molecule has 0 radical (unpaired) electrons. The molecule has 0 spiro atoms. The van der Waals surface area contributed by atoms with Gasteiger partial charge < -0.3 is 20.5 Å². The van der Waals surface area contributed by atoms with Crippen LogP contribution in [-0.4, -0.2) is 23.7 Å². The van der Waals surface area contributed by atoms with Crippen molar-refractivity contribution in [1.29, 1.82) is 0 Å². The van der Waals surface area contributed by atoms with Crippen LogP contribution >= 0.6 is 0 Å². The van der Waals surface area contributed by atoms with Crippen LogP contribution in [0.2, 0.25) is 0 Å². The van der Waals surface area contributed by atoms with E-state index in [1.165, 1.54) is 12.1 Å². The minimum Gasteiger partial charge on any atom is -0.508 e. The van der Waals surface area contributed by atoms with Crippen molar-refractivity contribution in [3.8, 4) is 11.5 Å². The van der Waals surface area contributed by atoms with E-state index in [9.17, 15) is 27.5 Å². The number of halogens is 4. The second-order valence-corrected chi connectivity index (χ2v) is 7.55. The summed E-state index contributed by atoms with van der Waals surface area (Å²) in [5, 5.41) is 15.4. The summed E-state index contributed by atoms with van der Waals surface area (Å²) in [4.78, 5) is 12.6. The fourth-order valence-corrected chi connectivity index (χ4v) is 4.01. The van der Waals surface area contributed by atoms with Gasteiger partial charge in [-0.1, -0.05) is 12.8 Å². The molecule has 0 bridgehead atoms. The normalized spacial score (nSPS) is 19.0. The molecule has 1 aliphatic carbocycles. The maximum atomic E-state index is 13.7.